The van der Waals surface area contributed by atoms with Crippen molar-refractivity contribution in [1.82, 2.24) is 14.8 Å². The molecule has 0 aliphatic carbocycles. The molecule has 1 fully saturated rings. The molecule has 1 amide bonds. The highest BCUT2D eigenvalue weighted by atomic mass is 16.2. The van der Waals surface area contributed by atoms with E-state index in [1.807, 2.05) is 17.0 Å². The molecule has 1 aliphatic rings. The summed E-state index contributed by atoms with van der Waals surface area (Å²) in [6.45, 7) is 15.5. The van der Waals surface area contributed by atoms with E-state index in [0.29, 0.717) is 17.4 Å². The van der Waals surface area contributed by atoms with Crippen molar-refractivity contribution in [3.05, 3.63) is 53.2 Å². The minimum Gasteiger partial charge on any atom is -0.340 e. The first kappa shape index (κ1) is 21.3. The number of rotatable bonds is 6. The molecule has 3 rings (SSSR count). The number of carbonyl (C=O) groups is 1. The summed E-state index contributed by atoms with van der Waals surface area (Å²) < 4.78 is 0. The number of nitrogens with zero attached hydrogens (tertiary/aromatic N) is 3. The second-order valence-corrected chi connectivity index (χ2v) is 8.40. The Hall–Kier alpha value is -2.40. The van der Waals surface area contributed by atoms with Crippen LogP contribution in [0.4, 0.5) is 11.5 Å². The fraction of sp³-hybridized carbons (Fsp3) is 0.500. The zero-order valence-electron chi connectivity index (χ0n) is 18.4. The fourth-order valence-electron chi connectivity index (χ4n) is 3.91. The normalized spacial score (nSPS) is 15.2. The van der Waals surface area contributed by atoms with Crippen molar-refractivity contribution in [3.63, 3.8) is 0 Å². The Morgan fingerprint density at radius 1 is 1.03 bits per heavy atom. The number of pyridine rings is 1. The van der Waals surface area contributed by atoms with Crippen LogP contribution in [0.15, 0.2) is 36.5 Å². The molecule has 2 aromatic rings. The summed E-state index contributed by atoms with van der Waals surface area (Å²) in [6.07, 6.45) is 1.73. The second-order valence-electron chi connectivity index (χ2n) is 8.40. The van der Waals surface area contributed by atoms with Gasteiger partial charge in [-0.15, -0.1) is 0 Å². The third kappa shape index (κ3) is 4.96. The summed E-state index contributed by atoms with van der Waals surface area (Å²) in [7, 11) is 0. The van der Waals surface area contributed by atoms with Gasteiger partial charge in [0.05, 0.1) is 0 Å². The third-order valence-electron chi connectivity index (χ3n) is 5.74. The molecule has 5 heteroatoms. The van der Waals surface area contributed by atoms with Gasteiger partial charge in [-0.25, -0.2) is 4.98 Å². The average Bonchev–Trinajstić information content (AvgIpc) is 2.73. The van der Waals surface area contributed by atoms with E-state index in [4.69, 9.17) is 0 Å². The Bertz CT molecular complexity index is 812. The van der Waals surface area contributed by atoms with Crippen LogP contribution in [0.5, 0.6) is 0 Å². The molecule has 156 valence electrons. The predicted octanol–water partition coefficient (Wildman–Crippen LogP) is 4.85. The number of hydrogen-bond donors (Lipinski definition) is 1. The molecule has 1 N–H and O–H groups in total. The van der Waals surface area contributed by atoms with Crippen LogP contribution in [0.1, 0.15) is 67.9 Å². The van der Waals surface area contributed by atoms with Crippen molar-refractivity contribution in [1.29, 1.82) is 0 Å². The maximum absolute atomic E-state index is 13.0. The van der Waals surface area contributed by atoms with Crippen molar-refractivity contribution in [2.45, 2.75) is 46.5 Å². The first-order valence-electron chi connectivity index (χ1n) is 10.8. The van der Waals surface area contributed by atoms with E-state index in [9.17, 15) is 4.79 Å². The van der Waals surface area contributed by atoms with Gasteiger partial charge in [-0.3, -0.25) is 4.79 Å². The van der Waals surface area contributed by atoms with Crippen LogP contribution in [0.25, 0.3) is 0 Å². The molecule has 1 saturated heterocycles. The molecule has 1 aromatic heterocycles. The number of benzene rings is 1. The Balaban J connectivity index is 1.83. The van der Waals surface area contributed by atoms with Crippen molar-refractivity contribution < 1.29 is 4.79 Å². The summed E-state index contributed by atoms with van der Waals surface area (Å²) in [4.78, 5) is 21.8. The topological polar surface area (TPSA) is 48.5 Å². The van der Waals surface area contributed by atoms with E-state index >= 15 is 0 Å². The second kappa shape index (κ2) is 9.40. The third-order valence-corrected chi connectivity index (χ3v) is 5.74. The molecule has 1 aromatic carbocycles. The van der Waals surface area contributed by atoms with Crippen LogP contribution in [0.2, 0.25) is 0 Å². The Kier molecular flexibility index (Phi) is 6.91. The molecule has 0 unspecified atom stereocenters. The molecule has 0 bridgehead atoms. The molecule has 0 atom stereocenters. The van der Waals surface area contributed by atoms with Gasteiger partial charge in [0.15, 0.2) is 0 Å². The number of anilines is 2. The van der Waals surface area contributed by atoms with Gasteiger partial charge < -0.3 is 15.1 Å². The molecule has 29 heavy (non-hydrogen) atoms. The lowest BCUT2D eigenvalue weighted by molar-refractivity contribution is 0.0643. The van der Waals surface area contributed by atoms with Gasteiger partial charge in [0.1, 0.15) is 5.82 Å². The summed E-state index contributed by atoms with van der Waals surface area (Å²) >= 11 is 0. The number of para-hydroxylation sites is 1. The van der Waals surface area contributed by atoms with Crippen LogP contribution >= 0.6 is 0 Å². The molecule has 2 heterocycles. The van der Waals surface area contributed by atoms with Crippen LogP contribution in [-0.4, -0.2) is 53.4 Å². The van der Waals surface area contributed by atoms with Crippen LogP contribution in [0, 0.1) is 0 Å². The lowest BCUT2D eigenvalue weighted by Crippen LogP contribution is -2.48. The number of piperazine rings is 1. The van der Waals surface area contributed by atoms with Gasteiger partial charge in [-0.1, -0.05) is 52.8 Å². The highest BCUT2D eigenvalue weighted by molar-refractivity contribution is 5.95. The zero-order valence-corrected chi connectivity index (χ0v) is 18.4. The van der Waals surface area contributed by atoms with E-state index in [1.165, 1.54) is 11.1 Å². The molecule has 5 nitrogen and oxygen atoms in total. The average molecular weight is 395 g/mol. The minimum absolute atomic E-state index is 0.0902. The molecular formula is C24H34N4O. The molecule has 0 spiro atoms. The highest BCUT2D eigenvalue weighted by Crippen LogP contribution is 2.34. The Morgan fingerprint density at radius 3 is 2.21 bits per heavy atom. The van der Waals surface area contributed by atoms with Crippen molar-refractivity contribution >= 4 is 17.4 Å². The number of nitrogens with one attached hydrogen (secondary N) is 1. The van der Waals surface area contributed by atoms with E-state index in [-0.39, 0.29) is 5.91 Å². The Morgan fingerprint density at radius 2 is 1.66 bits per heavy atom. The maximum atomic E-state index is 13.0. The first-order valence-corrected chi connectivity index (χ1v) is 10.8. The number of aromatic nitrogens is 1. The van der Waals surface area contributed by atoms with Gasteiger partial charge in [-0.2, -0.15) is 0 Å². The number of hydrogen-bond acceptors (Lipinski definition) is 4. The molecule has 0 radical (unpaired) electrons. The molecular weight excluding hydrogens is 360 g/mol. The smallest absolute Gasteiger partial charge is 0.254 e. The van der Waals surface area contributed by atoms with Crippen molar-refractivity contribution in [2.75, 3.05) is 38.0 Å². The molecule has 0 saturated carbocycles. The SMILES string of the molecule is CCN1CCN(C(=O)c2ccnc(Nc3c(C(C)C)cccc3C(C)C)c2)CC1. The quantitative estimate of drug-likeness (QED) is 0.761. The number of carbonyl (C=O) groups excluding carboxylic acids is 1. The van der Waals surface area contributed by atoms with Crippen molar-refractivity contribution in [3.8, 4) is 0 Å². The van der Waals surface area contributed by atoms with Crippen LogP contribution in [0.3, 0.4) is 0 Å². The van der Waals surface area contributed by atoms with Crippen molar-refractivity contribution in [2.24, 2.45) is 0 Å². The van der Waals surface area contributed by atoms with Gasteiger partial charge in [0, 0.05) is 43.6 Å². The monoisotopic (exact) mass is 394 g/mol. The summed E-state index contributed by atoms with van der Waals surface area (Å²) in [6, 6.07) is 10.2. The van der Waals surface area contributed by atoms with Crippen LogP contribution in [-0.2, 0) is 0 Å². The summed E-state index contributed by atoms with van der Waals surface area (Å²) in [5.74, 6) is 1.61. The largest absolute Gasteiger partial charge is 0.340 e. The van der Waals surface area contributed by atoms with Gasteiger partial charge in [0.2, 0.25) is 0 Å². The maximum Gasteiger partial charge on any atom is 0.254 e. The van der Waals surface area contributed by atoms with Gasteiger partial charge in [0.25, 0.3) is 5.91 Å². The van der Waals surface area contributed by atoms with E-state index in [1.54, 1.807) is 6.20 Å². The predicted molar refractivity (Wildman–Crippen MR) is 120 cm³/mol. The van der Waals surface area contributed by atoms with E-state index < -0.39 is 0 Å². The number of likely N-dealkylation sites (N-methyl/N-ethyl adjacent to an activating group) is 1. The standard InChI is InChI=1S/C24H34N4O/c1-6-27-12-14-28(15-13-27)24(29)19-10-11-25-22(16-19)26-23-20(17(2)3)8-7-9-21(23)18(4)5/h7-11,16-18H,6,12-15H2,1-5H3,(H,25,26). The van der Waals surface area contributed by atoms with Gasteiger partial charge >= 0.3 is 0 Å². The fourth-order valence-corrected chi connectivity index (χ4v) is 3.91. The van der Waals surface area contributed by atoms with E-state index in [2.05, 4.69) is 68.0 Å². The summed E-state index contributed by atoms with van der Waals surface area (Å²) in [5, 5.41) is 3.53. The highest BCUT2D eigenvalue weighted by Gasteiger charge is 2.22. The zero-order chi connectivity index (χ0) is 21.0. The van der Waals surface area contributed by atoms with Gasteiger partial charge in [-0.05, 0) is 41.6 Å². The molecule has 1 aliphatic heterocycles. The Labute approximate surface area is 175 Å². The summed E-state index contributed by atoms with van der Waals surface area (Å²) in [5.41, 5.74) is 4.35. The lowest BCUT2D eigenvalue weighted by atomic mass is 9.92. The van der Waals surface area contributed by atoms with E-state index in [0.717, 1.165) is 44.2 Å². The lowest BCUT2D eigenvalue weighted by Gasteiger charge is -2.34. The first-order chi connectivity index (χ1) is 13.9. The minimum atomic E-state index is 0.0902. The van der Waals surface area contributed by atoms with Crippen LogP contribution < -0.4 is 5.32 Å². The number of amides is 1.